The quantitative estimate of drug-likeness (QED) is 0.416. The van der Waals surface area contributed by atoms with Crippen LogP contribution in [0, 0.1) is 11.2 Å². The molecule has 0 amide bonds. The highest BCUT2D eigenvalue weighted by Crippen LogP contribution is 2.15. The molecule has 5 heteroatoms. The Morgan fingerprint density at radius 1 is 1.62 bits per heavy atom. The summed E-state index contributed by atoms with van der Waals surface area (Å²) in [5, 5.41) is 8.07. The van der Waals surface area contributed by atoms with Crippen molar-refractivity contribution in [2.45, 2.75) is 18.9 Å². The molecule has 16 heavy (non-hydrogen) atoms. The summed E-state index contributed by atoms with van der Waals surface area (Å²) in [6, 6.07) is 2.82. The number of nitrogens with zero attached hydrogens (tertiary/aromatic N) is 2. The van der Waals surface area contributed by atoms with Gasteiger partial charge in [0.1, 0.15) is 6.20 Å². The number of pyridine rings is 1. The smallest absolute Gasteiger partial charge is 0.251 e. The molecule has 3 N–H and O–H groups in total. The highest BCUT2D eigenvalue weighted by Gasteiger charge is 2.30. The molecule has 0 radical (unpaired) electrons. The van der Waals surface area contributed by atoms with E-state index >= 15 is 0 Å². The molecule has 0 aliphatic carbocycles. The van der Waals surface area contributed by atoms with E-state index in [1.54, 1.807) is 0 Å². The Morgan fingerprint density at radius 3 is 3.00 bits per heavy atom. The first kappa shape index (κ1) is 11.0. The van der Waals surface area contributed by atoms with Gasteiger partial charge in [-0.25, -0.2) is 8.96 Å². The predicted molar refractivity (Wildman–Crippen MR) is 59.8 cm³/mol. The van der Waals surface area contributed by atoms with Crippen LogP contribution in [-0.4, -0.2) is 30.4 Å². The van der Waals surface area contributed by atoms with E-state index < -0.39 is 0 Å². The molecule has 86 valence electrons. The number of likely N-dealkylation sites (N-methyl/N-ethyl adjacent to an activating group) is 1. The van der Waals surface area contributed by atoms with Crippen LogP contribution in [-0.2, 0) is 0 Å². The van der Waals surface area contributed by atoms with Crippen molar-refractivity contribution in [1.29, 1.82) is 5.41 Å². The van der Waals surface area contributed by atoms with Crippen molar-refractivity contribution in [3.05, 3.63) is 24.1 Å². The topological polar surface area (TPSA) is 57.0 Å². The molecular formula is C11H16FN4+. The monoisotopic (exact) mass is 223 g/mol. The van der Waals surface area contributed by atoms with Crippen LogP contribution in [0.1, 0.15) is 12.8 Å². The normalized spacial score (nSPS) is 21.2. The van der Waals surface area contributed by atoms with Gasteiger partial charge in [-0.3, -0.25) is 4.90 Å². The Morgan fingerprint density at radius 2 is 2.38 bits per heavy atom. The Hall–Kier alpha value is -1.49. The van der Waals surface area contributed by atoms with Crippen molar-refractivity contribution in [2.75, 3.05) is 19.3 Å². The molecule has 1 aliphatic rings. The van der Waals surface area contributed by atoms with Gasteiger partial charge in [0.2, 0.25) is 5.82 Å². The number of nitrogens with two attached hydrogens (primary N) is 1. The third kappa shape index (κ3) is 1.90. The fourth-order valence-electron chi connectivity index (χ4n) is 2.11. The fourth-order valence-corrected chi connectivity index (χ4v) is 2.11. The summed E-state index contributed by atoms with van der Waals surface area (Å²) < 4.78 is 14.5. The van der Waals surface area contributed by atoms with E-state index in [0.717, 1.165) is 19.4 Å². The molecule has 0 saturated carbocycles. The minimum absolute atomic E-state index is 0.0362. The van der Waals surface area contributed by atoms with Gasteiger partial charge in [-0.2, -0.15) is 5.41 Å². The Kier molecular flexibility index (Phi) is 2.87. The number of nitrogens with one attached hydrogen (secondary N) is 1. The molecule has 0 spiro atoms. The third-order valence-corrected chi connectivity index (χ3v) is 3.04. The lowest BCUT2D eigenvalue weighted by Gasteiger charge is -2.18. The maximum atomic E-state index is 13.1. The number of halogens is 1. The SMILES string of the molecule is CN1CCC[C@H]1C(=N)[n+]1cc(F)ccc1N. The van der Waals surface area contributed by atoms with E-state index in [0.29, 0.717) is 11.7 Å². The molecular weight excluding hydrogens is 207 g/mol. The van der Waals surface area contributed by atoms with E-state index in [9.17, 15) is 4.39 Å². The minimum atomic E-state index is -0.375. The van der Waals surface area contributed by atoms with Gasteiger partial charge in [0, 0.05) is 6.07 Å². The summed E-state index contributed by atoms with van der Waals surface area (Å²) in [4.78, 5) is 2.10. The Bertz CT molecular complexity index is 418. The first-order valence-corrected chi connectivity index (χ1v) is 5.35. The standard InChI is InChI=1S/C11H15FN4/c1-15-6-2-3-9(15)11(14)16-7-8(12)4-5-10(16)13/h4-5,7,9,13-14H,2-3,6H2,1H3/p+1/t9-/m0/s1. The maximum absolute atomic E-state index is 13.1. The van der Waals surface area contributed by atoms with E-state index in [1.165, 1.54) is 22.9 Å². The van der Waals surface area contributed by atoms with Gasteiger partial charge in [-0.05, 0) is 32.5 Å². The molecule has 4 nitrogen and oxygen atoms in total. The van der Waals surface area contributed by atoms with E-state index in [1.807, 2.05) is 7.05 Å². The summed E-state index contributed by atoms with van der Waals surface area (Å²) in [7, 11) is 1.97. The number of rotatable bonds is 1. The lowest BCUT2D eigenvalue weighted by Crippen LogP contribution is -2.54. The molecule has 2 rings (SSSR count). The van der Waals surface area contributed by atoms with Crippen molar-refractivity contribution >= 4 is 11.7 Å². The molecule has 0 bridgehead atoms. The number of nitrogen functional groups attached to an aromatic ring is 1. The molecule has 1 aromatic rings. The molecule has 1 aliphatic heterocycles. The zero-order valence-corrected chi connectivity index (χ0v) is 9.28. The van der Waals surface area contributed by atoms with Gasteiger partial charge >= 0.3 is 0 Å². The number of anilines is 1. The molecule has 1 aromatic heterocycles. The zero-order chi connectivity index (χ0) is 11.7. The molecule has 0 aromatic carbocycles. The van der Waals surface area contributed by atoms with Crippen LogP contribution in [0.25, 0.3) is 0 Å². The first-order chi connectivity index (χ1) is 7.59. The second kappa shape index (κ2) is 4.17. The van der Waals surface area contributed by atoms with Crippen LogP contribution in [0.15, 0.2) is 18.3 Å². The predicted octanol–water partition coefficient (Wildman–Crippen LogP) is 0.615. The van der Waals surface area contributed by atoms with Crippen LogP contribution in [0.2, 0.25) is 0 Å². The minimum Gasteiger partial charge on any atom is -0.318 e. The van der Waals surface area contributed by atoms with Crippen LogP contribution < -0.4 is 10.3 Å². The highest BCUT2D eigenvalue weighted by atomic mass is 19.1. The van der Waals surface area contributed by atoms with Crippen molar-refractivity contribution in [3.63, 3.8) is 0 Å². The molecule has 0 unspecified atom stereocenters. The van der Waals surface area contributed by atoms with Gasteiger partial charge in [-0.15, -0.1) is 0 Å². The number of hydrogen-bond donors (Lipinski definition) is 2. The summed E-state index contributed by atoms with van der Waals surface area (Å²) in [5.41, 5.74) is 5.74. The molecule has 1 atom stereocenters. The first-order valence-electron chi connectivity index (χ1n) is 5.35. The molecule has 1 saturated heterocycles. The van der Waals surface area contributed by atoms with E-state index in [2.05, 4.69) is 4.90 Å². The average molecular weight is 223 g/mol. The van der Waals surface area contributed by atoms with Gasteiger partial charge < -0.3 is 5.73 Å². The number of likely N-dealkylation sites (tertiary alicyclic amines) is 1. The maximum Gasteiger partial charge on any atom is 0.251 e. The van der Waals surface area contributed by atoms with Crippen LogP contribution >= 0.6 is 0 Å². The van der Waals surface area contributed by atoms with Gasteiger partial charge in [0.05, 0.1) is 6.04 Å². The van der Waals surface area contributed by atoms with Crippen LogP contribution in [0.4, 0.5) is 10.2 Å². The summed E-state index contributed by atoms with van der Waals surface area (Å²) in [6.07, 6.45) is 3.27. The summed E-state index contributed by atoms with van der Waals surface area (Å²) in [6.45, 7) is 0.975. The van der Waals surface area contributed by atoms with Gasteiger partial charge in [0.25, 0.3) is 5.84 Å². The van der Waals surface area contributed by atoms with Crippen molar-refractivity contribution < 1.29 is 8.96 Å². The Labute approximate surface area is 94.0 Å². The number of hydrogen-bond acceptors (Lipinski definition) is 3. The lowest BCUT2D eigenvalue weighted by molar-refractivity contribution is -0.546. The fraction of sp³-hybridized carbons (Fsp3) is 0.455. The zero-order valence-electron chi connectivity index (χ0n) is 9.28. The van der Waals surface area contributed by atoms with Crippen LogP contribution in [0.5, 0.6) is 0 Å². The summed E-state index contributed by atoms with van der Waals surface area (Å²) >= 11 is 0. The number of aromatic nitrogens is 1. The molecule has 2 heterocycles. The largest absolute Gasteiger partial charge is 0.318 e. The van der Waals surface area contributed by atoms with Gasteiger partial charge in [0.15, 0.2) is 5.82 Å². The lowest BCUT2D eigenvalue weighted by atomic mass is 10.2. The van der Waals surface area contributed by atoms with Gasteiger partial charge in [-0.1, -0.05) is 0 Å². The molecule has 1 fully saturated rings. The third-order valence-electron chi connectivity index (χ3n) is 3.04. The van der Waals surface area contributed by atoms with E-state index in [4.69, 9.17) is 11.1 Å². The van der Waals surface area contributed by atoms with Crippen molar-refractivity contribution in [1.82, 2.24) is 4.90 Å². The highest BCUT2D eigenvalue weighted by molar-refractivity contribution is 5.77. The van der Waals surface area contributed by atoms with Crippen molar-refractivity contribution in [3.8, 4) is 0 Å². The second-order valence-electron chi connectivity index (χ2n) is 4.17. The Balaban J connectivity index is 2.29. The van der Waals surface area contributed by atoms with Crippen LogP contribution in [0.3, 0.4) is 0 Å². The average Bonchev–Trinajstić information content (AvgIpc) is 2.67. The summed E-state index contributed by atoms with van der Waals surface area (Å²) in [5.74, 6) is 0.364. The van der Waals surface area contributed by atoms with Crippen molar-refractivity contribution in [2.24, 2.45) is 0 Å². The second-order valence-corrected chi connectivity index (χ2v) is 4.17. The van der Waals surface area contributed by atoms with E-state index in [-0.39, 0.29) is 11.9 Å².